The van der Waals surface area contributed by atoms with Crippen LogP contribution in [-0.4, -0.2) is 48.8 Å². The van der Waals surface area contributed by atoms with Crippen molar-refractivity contribution in [3.63, 3.8) is 0 Å². The lowest BCUT2D eigenvalue weighted by molar-refractivity contribution is -0.188. The van der Waals surface area contributed by atoms with Gasteiger partial charge in [-0.3, -0.25) is 9.59 Å². The van der Waals surface area contributed by atoms with Gasteiger partial charge in [0.1, 0.15) is 0 Å². The molecule has 1 saturated carbocycles. The molecule has 1 aromatic rings. The number of nitrogens with zero attached hydrogens (tertiary/aromatic N) is 2. The minimum atomic E-state index is -0.463. The largest absolute Gasteiger partial charge is 0.347 e. The summed E-state index contributed by atoms with van der Waals surface area (Å²) in [4.78, 5) is 27.4. The summed E-state index contributed by atoms with van der Waals surface area (Å²) < 4.78 is 11.5. The summed E-state index contributed by atoms with van der Waals surface area (Å²) in [5.41, 5.74) is 1.17. The van der Waals surface area contributed by atoms with Crippen molar-refractivity contribution in [2.45, 2.75) is 44.3 Å². The summed E-state index contributed by atoms with van der Waals surface area (Å²) in [7, 11) is 0. The van der Waals surface area contributed by atoms with Gasteiger partial charge in [0.15, 0.2) is 5.79 Å². The number of anilines is 1. The zero-order valence-corrected chi connectivity index (χ0v) is 16.6. The third-order valence-corrected chi connectivity index (χ3v) is 6.36. The Hall–Kier alpha value is -2.43. The molecule has 1 spiro atoms. The molecule has 0 radical (unpaired) electrons. The Labute approximate surface area is 171 Å². The van der Waals surface area contributed by atoms with E-state index in [0.29, 0.717) is 50.4 Å². The second-order valence-corrected chi connectivity index (χ2v) is 8.16. The quantitative estimate of drug-likeness (QED) is 0.847. The lowest BCUT2D eigenvalue weighted by Crippen LogP contribution is -2.49. The summed E-state index contributed by atoms with van der Waals surface area (Å²) in [6.07, 6.45) is 4.37. The van der Waals surface area contributed by atoms with Gasteiger partial charge in [0.2, 0.25) is 11.8 Å². The highest BCUT2D eigenvalue weighted by Crippen LogP contribution is 2.35. The smallest absolute Gasteiger partial charge is 0.227 e. The molecule has 154 valence electrons. The molecule has 3 fully saturated rings. The zero-order valence-electron chi connectivity index (χ0n) is 16.6. The first-order valence-electron chi connectivity index (χ1n) is 10.5. The highest BCUT2D eigenvalue weighted by molar-refractivity contribution is 5.93. The molecule has 0 atom stereocenters. The van der Waals surface area contributed by atoms with Crippen molar-refractivity contribution in [3.05, 3.63) is 29.8 Å². The van der Waals surface area contributed by atoms with Gasteiger partial charge < -0.3 is 19.7 Å². The maximum atomic E-state index is 12.9. The first kappa shape index (κ1) is 19.9. The van der Waals surface area contributed by atoms with Crippen LogP contribution < -0.4 is 5.32 Å². The van der Waals surface area contributed by atoms with Gasteiger partial charge in [-0.15, -0.1) is 0 Å². The number of hydrogen-bond acceptors (Lipinski definition) is 5. The predicted octanol–water partition coefficient (Wildman–Crippen LogP) is 2.67. The lowest BCUT2D eigenvalue weighted by atomic mass is 9.80. The first-order chi connectivity index (χ1) is 14.1. The van der Waals surface area contributed by atoms with E-state index >= 15 is 0 Å². The maximum Gasteiger partial charge on any atom is 0.227 e. The van der Waals surface area contributed by atoms with Gasteiger partial charge in [-0.25, -0.2) is 0 Å². The molecule has 2 amide bonds. The molecule has 29 heavy (non-hydrogen) atoms. The summed E-state index contributed by atoms with van der Waals surface area (Å²) in [6.45, 7) is 2.63. The van der Waals surface area contributed by atoms with Crippen molar-refractivity contribution in [2.75, 3.05) is 31.6 Å². The minimum absolute atomic E-state index is 0.000400. The highest BCUT2D eigenvalue weighted by atomic mass is 16.7. The van der Waals surface area contributed by atoms with Crippen LogP contribution in [0.25, 0.3) is 0 Å². The lowest BCUT2D eigenvalue weighted by Gasteiger charge is -2.39. The van der Waals surface area contributed by atoms with Crippen LogP contribution in [-0.2, 0) is 19.1 Å². The van der Waals surface area contributed by atoms with Crippen molar-refractivity contribution in [1.82, 2.24) is 4.90 Å². The molecular formula is C22H27N3O4. The molecule has 0 unspecified atom stereocenters. The number of benzene rings is 1. The van der Waals surface area contributed by atoms with E-state index < -0.39 is 5.79 Å². The van der Waals surface area contributed by atoms with Crippen LogP contribution in [0.2, 0.25) is 0 Å². The van der Waals surface area contributed by atoms with Crippen LogP contribution in [0.5, 0.6) is 0 Å². The molecule has 2 saturated heterocycles. The van der Waals surface area contributed by atoms with Crippen LogP contribution in [0.1, 0.15) is 44.1 Å². The van der Waals surface area contributed by atoms with E-state index in [4.69, 9.17) is 14.7 Å². The van der Waals surface area contributed by atoms with E-state index in [9.17, 15) is 9.59 Å². The number of carbonyl (C=O) groups is 2. The van der Waals surface area contributed by atoms with E-state index in [0.717, 1.165) is 25.7 Å². The van der Waals surface area contributed by atoms with Gasteiger partial charge >= 0.3 is 0 Å². The maximum absolute atomic E-state index is 12.9. The Balaban J connectivity index is 1.25. The average Bonchev–Trinajstić information content (AvgIpc) is 3.22. The molecule has 1 aliphatic carbocycles. The molecule has 1 aromatic carbocycles. The Bertz CT molecular complexity index is 795. The van der Waals surface area contributed by atoms with Crippen LogP contribution in [0.4, 0.5) is 5.69 Å². The number of piperidine rings is 1. The fourth-order valence-corrected chi connectivity index (χ4v) is 4.63. The number of carbonyl (C=O) groups excluding carboxylic acids is 2. The van der Waals surface area contributed by atoms with E-state index in [1.54, 1.807) is 24.3 Å². The van der Waals surface area contributed by atoms with Crippen molar-refractivity contribution in [1.29, 1.82) is 5.26 Å². The third kappa shape index (κ3) is 4.44. The number of rotatable bonds is 3. The van der Waals surface area contributed by atoms with Gasteiger partial charge in [-0.05, 0) is 43.9 Å². The fourth-order valence-electron chi connectivity index (χ4n) is 4.63. The molecule has 0 bridgehead atoms. The monoisotopic (exact) mass is 397 g/mol. The number of likely N-dealkylation sites (tertiary alicyclic amines) is 1. The van der Waals surface area contributed by atoms with Gasteiger partial charge in [0, 0.05) is 43.5 Å². The number of nitriles is 1. The van der Waals surface area contributed by atoms with Gasteiger partial charge in [0.05, 0.1) is 24.8 Å². The predicted molar refractivity (Wildman–Crippen MR) is 106 cm³/mol. The zero-order chi connectivity index (χ0) is 20.3. The second kappa shape index (κ2) is 8.52. The van der Waals surface area contributed by atoms with Crippen LogP contribution in [0, 0.1) is 23.2 Å². The van der Waals surface area contributed by atoms with Crippen molar-refractivity contribution in [2.24, 2.45) is 11.8 Å². The molecule has 2 aliphatic heterocycles. The summed E-state index contributed by atoms with van der Waals surface area (Å²) in [5.74, 6) is -0.370. The van der Waals surface area contributed by atoms with Gasteiger partial charge in [-0.2, -0.15) is 5.26 Å². The van der Waals surface area contributed by atoms with E-state index in [-0.39, 0.29) is 23.7 Å². The molecule has 0 aromatic heterocycles. The molecule has 3 aliphatic rings. The molecule has 7 heteroatoms. The molecule has 7 nitrogen and oxygen atoms in total. The van der Waals surface area contributed by atoms with Gasteiger partial charge in [0.25, 0.3) is 0 Å². The number of hydrogen-bond donors (Lipinski definition) is 1. The fraction of sp³-hybridized carbons (Fsp3) is 0.591. The number of amides is 2. The highest BCUT2D eigenvalue weighted by Gasteiger charge is 2.42. The van der Waals surface area contributed by atoms with Crippen molar-refractivity contribution in [3.8, 4) is 6.07 Å². The van der Waals surface area contributed by atoms with Crippen LogP contribution >= 0.6 is 0 Å². The number of ether oxygens (including phenoxy) is 2. The Morgan fingerprint density at radius 2 is 1.72 bits per heavy atom. The third-order valence-electron chi connectivity index (χ3n) is 6.36. The first-order valence-corrected chi connectivity index (χ1v) is 10.5. The minimum Gasteiger partial charge on any atom is -0.347 e. The summed E-state index contributed by atoms with van der Waals surface area (Å²) in [5, 5.41) is 11.9. The Kier molecular flexibility index (Phi) is 5.84. The molecule has 2 heterocycles. The van der Waals surface area contributed by atoms with E-state index in [1.165, 1.54) is 0 Å². The Morgan fingerprint density at radius 3 is 2.38 bits per heavy atom. The average molecular weight is 397 g/mol. The van der Waals surface area contributed by atoms with E-state index in [2.05, 4.69) is 11.4 Å². The van der Waals surface area contributed by atoms with Crippen LogP contribution in [0.15, 0.2) is 24.3 Å². The van der Waals surface area contributed by atoms with Crippen LogP contribution in [0.3, 0.4) is 0 Å². The second-order valence-electron chi connectivity index (χ2n) is 8.16. The standard InChI is InChI=1S/C22H27N3O4/c23-15-16-2-1-3-19(14-16)24-20(26)17-4-6-18(7-5-17)21(27)25-10-8-22(9-11-25)28-12-13-29-22/h1-3,14,17-18H,4-13H2,(H,24,26). The summed E-state index contributed by atoms with van der Waals surface area (Å²) in [6, 6.07) is 9.00. The van der Waals surface area contributed by atoms with Crippen molar-refractivity contribution >= 4 is 17.5 Å². The topological polar surface area (TPSA) is 91.7 Å². The van der Waals surface area contributed by atoms with E-state index in [1.807, 2.05) is 4.90 Å². The molecular weight excluding hydrogens is 370 g/mol. The number of nitrogens with one attached hydrogen (secondary N) is 1. The van der Waals surface area contributed by atoms with Crippen molar-refractivity contribution < 1.29 is 19.1 Å². The Morgan fingerprint density at radius 1 is 1.07 bits per heavy atom. The summed E-state index contributed by atoms with van der Waals surface area (Å²) >= 11 is 0. The molecule has 4 rings (SSSR count). The normalized spacial score (nSPS) is 26.1. The molecule has 1 N–H and O–H groups in total. The SMILES string of the molecule is N#Cc1cccc(NC(=O)C2CCC(C(=O)N3CCC4(CC3)OCCO4)CC2)c1. The van der Waals surface area contributed by atoms with Gasteiger partial charge in [-0.1, -0.05) is 6.07 Å².